The number of nitrogens with one attached hydrogen (secondary N) is 1. The van der Waals surface area contributed by atoms with Crippen LogP contribution in [-0.4, -0.2) is 46.9 Å². The van der Waals surface area contributed by atoms with Crippen LogP contribution >= 0.6 is 0 Å². The molecule has 6 heteroatoms. The smallest absolute Gasteiger partial charge is 0.306 e. The van der Waals surface area contributed by atoms with Gasteiger partial charge < -0.3 is 20.3 Å². The van der Waals surface area contributed by atoms with Crippen molar-refractivity contribution in [2.45, 2.75) is 264 Å². The molecule has 3 atom stereocenters. The van der Waals surface area contributed by atoms with Crippen molar-refractivity contribution in [3.63, 3.8) is 0 Å². The standard InChI is InChI=1S/C56H99NO5/c1-4-7-10-13-16-19-22-25-27-29-31-34-37-40-43-46-49-56(61)62-52(47-44-41-38-35-32-30-28-26-23-20-17-14-11-8-5-2)50-55(60)57-53(51-58)54(59)48-45-42-39-36-33-24-21-18-15-12-9-6-3/h8,11,17,20,26-29,32,35,41,44,52-54,58-59H,4-7,9-10,12-16,18-19,21-25,30-31,33-34,36-40,42-43,45-51H2,1-3H3,(H,57,60)/b11-8-,20-17-,28-26-,29-27+,35-32-,44-41-. The van der Waals surface area contributed by atoms with Gasteiger partial charge in [-0.3, -0.25) is 9.59 Å². The normalized spacial score (nSPS) is 13.8. The molecule has 3 unspecified atom stereocenters. The molecule has 0 aromatic rings. The summed E-state index contributed by atoms with van der Waals surface area (Å²) in [7, 11) is 0. The van der Waals surface area contributed by atoms with Gasteiger partial charge in [0.15, 0.2) is 0 Å². The zero-order chi connectivity index (χ0) is 45.2. The molecule has 1 amide bonds. The number of aliphatic hydroxyl groups is 2. The Bertz CT molecular complexity index is 1150. The first-order chi connectivity index (χ1) is 30.5. The Morgan fingerprint density at radius 1 is 0.500 bits per heavy atom. The zero-order valence-electron chi connectivity index (χ0n) is 40.7. The Morgan fingerprint density at radius 2 is 0.903 bits per heavy atom. The van der Waals surface area contributed by atoms with Crippen molar-refractivity contribution in [3.8, 4) is 0 Å². The lowest BCUT2D eigenvalue weighted by Gasteiger charge is -2.24. The van der Waals surface area contributed by atoms with Crippen LogP contribution in [0.25, 0.3) is 0 Å². The summed E-state index contributed by atoms with van der Waals surface area (Å²) in [6, 6.07) is -0.735. The number of unbranched alkanes of at least 4 members (excludes halogenated alkanes) is 23. The van der Waals surface area contributed by atoms with E-state index < -0.39 is 18.2 Å². The highest BCUT2D eigenvalue weighted by atomic mass is 16.5. The first-order valence-electron chi connectivity index (χ1n) is 26.2. The summed E-state index contributed by atoms with van der Waals surface area (Å²) in [5.74, 6) is -0.589. The van der Waals surface area contributed by atoms with Crippen molar-refractivity contribution < 1.29 is 24.5 Å². The van der Waals surface area contributed by atoms with Crippen molar-refractivity contribution in [3.05, 3.63) is 72.9 Å². The predicted octanol–water partition coefficient (Wildman–Crippen LogP) is 15.8. The summed E-state index contributed by atoms with van der Waals surface area (Å²) in [6.45, 7) is 6.33. The van der Waals surface area contributed by atoms with Gasteiger partial charge in [-0.05, 0) is 70.6 Å². The second-order valence-corrected chi connectivity index (χ2v) is 17.5. The fourth-order valence-electron chi connectivity index (χ4n) is 7.57. The Hall–Kier alpha value is -2.70. The van der Waals surface area contributed by atoms with Crippen LogP contribution in [0, 0.1) is 0 Å². The third kappa shape index (κ3) is 43.9. The van der Waals surface area contributed by atoms with E-state index >= 15 is 0 Å². The van der Waals surface area contributed by atoms with Gasteiger partial charge in [0, 0.05) is 12.8 Å². The average Bonchev–Trinajstić information content (AvgIpc) is 3.26. The monoisotopic (exact) mass is 866 g/mol. The molecule has 0 saturated heterocycles. The molecule has 0 aromatic heterocycles. The van der Waals surface area contributed by atoms with E-state index in [-0.39, 0.29) is 24.9 Å². The summed E-state index contributed by atoms with van der Waals surface area (Å²) in [5, 5.41) is 23.7. The number of rotatable bonds is 46. The number of amides is 1. The largest absolute Gasteiger partial charge is 0.461 e. The second kappa shape index (κ2) is 49.3. The topological polar surface area (TPSA) is 95.9 Å². The molecule has 62 heavy (non-hydrogen) atoms. The first kappa shape index (κ1) is 59.3. The fourth-order valence-corrected chi connectivity index (χ4v) is 7.57. The number of carbonyl (C=O) groups excluding carboxylic acids is 2. The number of esters is 1. The minimum atomic E-state index is -0.815. The molecule has 0 bridgehead atoms. The lowest BCUT2D eigenvalue weighted by molar-refractivity contribution is -0.150. The van der Waals surface area contributed by atoms with Gasteiger partial charge in [0.05, 0.1) is 25.2 Å². The Balaban J connectivity index is 4.73. The van der Waals surface area contributed by atoms with E-state index in [1.165, 1.54) is 122 Å². The summed E-state index contributed by atoms with van der Waals surface area (Å²) < 4.78 is 5.87. The molecule has 0 radical (unpaired) electrons. The van der Waals surface area contributed by atoms with E-state index in [1.807, 2.05) is 12.2 Å². The molecule has 0 aliphatic carbocycles. The molecule has 0 aliphatic rings. The van der Waals surface area contributed by atoms with Crippen LogP contribution in [0.5, 0.6) is 0 Å². The van der Waals surface area contributed by atoms with Crippen LogP contribution in [0.15, 0.2) is 72.9 Å². The van der Waals surface area contributed by atoms with E-state index in [2.05, 4.69) is 86.8 Å². The van der Waals surface area contributed by atoms with Crippen molar-refractivity contribution in [1.29, 1.82) is 0 Å². The third-order valence-corrected chi connectivity index (χ3v) is 11.5. The molecule has 6 nitrogen and oxygen atoms in total. The molecule has 0 rings (SSSR count). The minimum absolute atomic E-state index is 0.00560. The highest BCUT2D eigenvalue weighted by Gasteiger charge is 2.23. The number of aliphatic hydroxyl groups excluding tert-OH is 2. The van der Waals surface area contributed by atoms with Crippen LogP contribution in [0.4, 0.5) is 0 Å². The van der Waals surface area contributed by atoms with E-state index in [4.69, 9.17) is 4.74 Å². The van der Waals surface area contributed by atoms with E-state index in [0.29, 0.717) is 19.3 Å². The van der Waals surface area contributed by atoms with Gasteiger partial charge in [-0.1, -0.05) is 229 Å². The summed E-state index contributed by atoms with van der Waals surface area (Å²) in [4.78, 5) is 26.1. The minimum Gasteiger partial charge on any atom is -0.461 e. The van der Waals surface area contributed by atoms with Gasteiger partial charge in [-0.2, -0.15) is 0 Å². The Morgan fingerprint density at radius 3 is 1.35 bits per heavy atom. The van der Waals surface area contributed by atoms with E-state index in [9.17, 15) is 19.8 Å². The molecule has 3 N–H and O–H groups in total. The number of carbonyl (C=O) groups is 2. The lowest BCUT2D eigenvalue weighted by Crippen LogP contribution is -2.46. The summed E-state index contributed by atoms with van der Waals surface area (Å²) in [5.41, 5.74) is 0. The van der Waals surface area contributed by atoms with Gasteiger partial charge in [0.25, 0.3) is 0 Å². The molecule has 0 fully saturated rings. The van der Waals surface area contributed by atoms with Gasteiger partial charge in [0.1, 0.15) is 6.10 Å². The lowest BCUT2D eigenvalue weighted by atomic mass is 10.0. The molecule has 0 aliphatic heterocycles. The van der Waals surface area contributed by atoms with Crippen LogP contribution in [0.1, 0.15) is 245 Å². The molecule has 358 valence electrons. The fraction of sp³-hybridized carbons (Fsp3) is 0.750. The highest BCUT2D eigenvalue weighted by molar-refractivity contribution is 5.77. The molecule has 0 aromatic carbocycles. The first-order valence-corrected chi connectivity index (χ1v) is 26.2. The Labute approximate surface area is 383 Å². The molecule has 0 spiro atoms. The van der Waals surface area contributed by atoms with Crippen LogP contribution in [0.3, 0.4) is 0 Å². The third-order valence-electron chi connectivity index (χ3n) is 11.5. The van der Waals surface area contributed by atoms with Crippen molar-refractivity contribution >= 4 is 11.9 Å². The number of hydrogen-bond donors (Lipinski definition) is 3. The van der Waals surface area contributed by atoms with E-state index in [0.717, 1.165) is 77.0 Å². The molecular formula is C56H99NO5. The van der Waals surface area contributed by atoms with Crippen molar-refractivity contribution in [2.24, 2.45) is 0 Å². The van der Waals surface area contributed by atoms with E-state index in [1.54, 1.807) is 0 Å². The van der Waals surface area contributed by atoms with Crippen LogP contribution in [-0.2, 0) is 14.3 Å². The maximum absolute atomic E-state index is 13.2. The van der Waals surface area contributed by atoms with Crippen molar-refractivity contribution in [2.75, 3.05) is 6.61 Å². The molecule has 0 heterocycles. The summed E-state index contributed by atoms with van der Waals surface area (Å²) in [6.07, 6.45) is 62.6. The number of ether oxygens (including phenoxy) is 1. The number of hydrogen-bond acceptors (Lipinski definition) is 5. The van der Waals surface area contributed by atoms with Gasteiger partial charge in [-0.15, -0.1) is 0 Å². The van der Waals surface area contributed by atoms with Crippen molar-refractivity contribution in [1.82, 2.24) is 5.32 Å². The molecular weight excluding hydrogens is 767 g/mol. The maximum Gasteiger partial charge on any atom is 0.306 e. The summed E-state index contributed by atoms with van der Waals surface area (Å²) >= 11 is 0. The highest BCUT2D eigenvalue weighted by Crippen LogP contribution is 2.16. The predicted molar refractivity (Wildman–Crippen MR) is 268 cm³/mol. The quantitative estimate of drug-likeness (QED) is 0.0322. The van der Waals surface area contributed by atoms with Gasteiger partial charge in [0.2, 0.25) is 5.91 Å². The van der Waals surface area contributed by atoms with Crippen LogP contribution < -0.4 is 5.32 Å². The van der Waals surface area contributed by atoms with Crippen LogP contribution in [0.2, 0.25) is 0 Å². The SMILES string of the molecule is CC/C=C\C/C=C\C/C=C\C/C=C\C/C=C\CC(CC(=O)NC(CO)C(O)CCCCCCCCCCCCCC)OC(=O)CCCCCCC/C=C/CCCCCCCCC. The maximum atomic E-state index is 13.2. The molecule has 0 saturated carbocycles. The average molecular weight is 866 g/mol. The Kier molecular flexibility index (Phi) is 47.2. The second-order valence-electron chi connectivity index (χ2n) is 17.5. The number of allylic oxidation sites excluding steroid dienone is 11. The van der Waals surface area contributed by atoms with Gasteiger partial charge in [-0.25, -0.2) is 0 Å². The zero-order valence-corrected chi connectivity index (χ0v) is 40.7. The van der Waals surface area contributed by atoms with Gasteiger partial charge >= 0.3 is 5.97 Å².